The van der Waals surface area contributed by atoms with Crippen LogP contribution in [0.1, 0.15) is 40.0 Å². The Morgan fingerprint density at radius 3 is 2.30 bits per heavy atom. The van der Waals surface area contributed by atoms with Crippen molar-refractivity contribution >= 4 is 8.80 Å². The SMILES string of the molecule is CCO[Si](CCC1CC23CC1=CC2O3)(OCC)OCC. The summed E-state index contributed by atoms with van der Waals surface area (Å²) in [5.74, 6) is 0.655. The second-order valence-corrected chi connectivity index (χ2v) is 8.68. The molecule has 1 aliphatic heterocycles. The largest absolute Gasteiger partial charge is 0.500 e. The first-order valence-corrected chi connectivity index (χ1v) is 9.90. The minimum atomic E-state index is -2.47. The van der Waals surface area contributed by atoms with Gasteiger partial charge in [-0.1, -0.05) is 11.6 Å². The van der Waals surface area contributed by atoms with Crippen LogP contribution in [0.2, 0.25) is 6.04 Å². The van der Waals surface area contributed by atoms with Crippen molar-refractivity contribution in [3.8, 4) is 0 Å². The normalized spacial score (nSPS) is 34.2. The van der Waals surface area contributed by atoms with Crippen molar-refractivity contribution in [2.75, 3.05) is 19.8 Å². The molecule has 3 aliphatic rings. The maximum absolute atomic E-state index is 5.93. The quantitative estimate of drug-likeness (QED) is 0.373. The highest BCUT2D eigenvalue weighted by atomic mass is 28.4. The maximum Gasteiger partial charge on any atom is 0.500 e. The van der Waals surface area contributed by atoms with Crippen LogP contribution in [0.15, 0.2) is 11.6 Å². The average Bonchev–Trinajstić information content (AvgIpc) is 2.83. The Labute approximate surface area is 122 Å². The highest BCUT2D eigenvalue weighted by Gasteiger charge is 2.65. The molecule has 1 saturated heterocycles. The molecule has 3 unspecified atom stereocenters. The molecular weight excluding hydrogens is 272 g/mol. The van der Waals surface area contributed by atoms with Crippen molar-refractivity contribution < 1.29 is 18.0 Å². The summed E-state index contributed by atoms with van der Waals surface area (Å²) >= 11 is 0. The van der Waals surface area contributed by atoms with Crippen molar-refractivity contribution in [1.82, 2.24) is 0 Å². The van der Waals surface area contributed by atoms with Crippen molar-refractivity contribution in [2.24, 2.45) is 5.92 Å². The van der Waals surface area contributed by atoms with E-state index in [1.54, 1.807) is 5.57 Å². The van der Waals surface area contributed by atoms with Gasteiger partial charge >= 0.3 is 8.80 Å². The second kappa shape index (κ2) is 5.53. The monoisotopic (exact) mass is 298 g/mol. The van der Waals surface area contributed by atoms with Gasteiger partial charge in [-0.25, -0.2) is 0 Å². The van der Waals surface area contributed by atoms with Crippen LogP contribution in [0.25, 0.3) is 0 Å². The van der Waals surface area contributed by atoms with Gasteiger partial charge in [-0.2, -0.15) is 0 Å². The fourth-order valence-electron chi connectivity index (χ4n) is 3.85. The van der Waals surface area contributed by atoms with Crippen LogP contribution in [0.5, 0.6) is 0 Å². The number of hydrogen-bond acceptors (Lipinski definition) is 4. The molecule has 0 radical (unpaired) electrons. The van der Waals surface area contributed by atoms with E-state index in [-0.39, 0.29) is 5.60 Å². The third-order valence-corrected chi connectivity index (χ3v) is 7.79. The number of rotatable bonds is 9. The zero-order chi connectivity index (χ0) is 14.2. The number of fused-ring (bicyclic) bond motifs is 1. The molecular formula is C15H26O4Si. The predicted octanol–water partition coefficient (Wildman–Crippen LogP) is 2.91. The van der Waals surface area contributed by atoms with Crippen LogP contribution in [-0.2, 0) is 18.0 Å². The summed E-state index contributed by atoms with van der Waals surface area (Å²) in [7, 11) is -2.47. The van der Waals surface area contributed by atoms with Gasteiger partial charge in [-0.05, 0) is 39.5 Å². The summed E-state index contributed by atoms with van der Waals surface area (Å²) in [6.07, 6.45) is 6.25. The number of ether oxygens (including phenoxy) is 1. The van der Waals surface area contributed by atoms with E-state index >= 15 is 0 Å². The lowest BCUT2D eigenvalue weighted by Crippen LogP contribution is -2.46. The Kier molecular flexibility index (Phi) is 4.07. The van der Waals surface area contributed by atoms with Crippen LogP contribution in [-0.4, -0.2) is 40.3 Å². The van der Waals surface area contributed by atoms with Gasteiger partial charge in [0, 0.05) is 32.3 Å². The Morgan fingerprint density at radius 1 is 1.20 bits per heavy atom. The molecule has 2 fully saturated rings. The first kappa shape index (κ1) is 14.7. The van der Waals surface area contributed by atoms with Gasteiger partial charge in [0.05, 0.1) is 0 Å². The number of epoxide rings is 1. The first-order chi connectivity index (χ1) is 9.67. The average molecular weight is 298 g/mol. The minimum absolute atomic E-state index is 0.215. The zero-order valence-electron chi connectivity index (χ0n) is 12.8. The molecule has 5 heteroatoms. The van der Waals surface area contributed by atoms with E-state index < -0.39 is 8.80 Å². The molecule has 0 aromatic rings. The lowest BCUT2D eigenvalue weighted by Gasteiger charge is -2.29. The van der Waals surface area contributed by atoms with E-state index in [0.29, 0.717) is 31.8 Å². The summed E-state index contributed by atoms with van der Waals surface area (Å²) in [6.45, 7) is 8.03. The molecule has 1 heterocycles. The summed E-state index contributed by atoms with van der Waals surface area (Å²) in [6, 6.07) is 0.922. The van der Waals surface area contributed by atoms with E-state index in [0.717, 1.165) is 18.9 Å². The molecule has 114 valence electrons. The molecule has 3 atom stereocenters. The third kappa shape index (κ3) is 2.50. The minimum Gasteiger partial charge on any atom is -0.374 e. The maximum atomic E-state index is 5.93. The standard InChI is InChI=1S/C15H26O4Si/c1-4-16-20(17-5-2,18-6-3)8-7-12-10-15-11-13(12)9-14(15)19-15/h9,12,14H,4-8,10-11H2,1-3H3. The van der Waals surface area contributed by atoms with Gasteiger partial charge in [0.1, 0.15) is 11.7 Å². The summed E-state index contributed by atoms with van der Waals surface area (Å²) in [5, 5.41) is 0. The summed E-state index contributed by atoms with van der Waals surface area (Å²) in [4.78, 5) is 0. The van der Waals surface area contributed by atoms with Crippen molar-refractivity contribution in [2.45, 2.75) is 57.8 Å². The molecule has 2 bridgehead atoms. The second-order valence-electron chi connectivity index (χ2n) is 5.94. The van der Waals surface area contributed by atoms with Crippen LogP contribution >= 0.6 is 0 Å². The van der Waals surface area contributed by atoms with Crippen LogP contribution in [0, 0.1) is 5.92 Å². The van der Waals surface area contributed by atoms with Crippen LogP contribution in [0.3, 0.4) is 0 Å². The fourth-order valence-corrected chi connectivity index (χ4v) is 6.56. The van der Waals surface area contributed by atoms with Gasteiger partial charge in [-0.3, -0.25) is 0 Å². The Hall–Kier alpha value is -0.203. The fraction of sp³-hybridized carbons (Fsp3) is 0.867. The van der Waals surface area contributed by atoms with Gasteiger partial charge < -0.3 is 18.0 Å². The summed E-state index contributed by atoms with van der Waals surface area (Å²) in [5.41, 5.74) is 1.82. The number of hydrogen-bond donors (Lipinski definition) is 0. The molecule has 0 N–H and O–H groups in total. The summed E-state index contributed by atoms with van der Waals surface area (Å²) < 4.78 is 23.6. The van der Waals surface area contributed by atoms with Crippen LogP contribution in [0.4, 0.5) is 0 Å². The topological polar surface area (TPSA) is 40.2 Å². The smallest absolute Gasteiger partial charge is 0.374 e. The molecule has 2 aliphatic carbocycles. The molecule has 3 rings (SSSR count). The predicted molar refractivity (Wildman–Crippen MR) is 78.5 cm³/mol. The lowest BCUT2D eigenvalue weighted by molar-refractivity contribution is 0.0698. The molecule has 1 saturated carbocycles. The third-order valence-electron chi connectivity index (χ3n) is 4.70. The van der Waals surface area contributed by atoms with E-state index in [2.05, 4.69) is 6.08 Å². The van der Waals surface area contributed by atoms with Gasteiger partial charge in [0.2, 0.25) is 0 Å². The van der Waals surface area contributed by atoms with Gasteiger partial charge in [0.25, 0.3) is 0 Å². The lowest BCUT2D eigenvalue weighted by atomic mass is 9.94. The highest BCUT2D eigenvalue weighted by molar-refractivity contribution is 6.60. The Balaban J connectivity index is 1.59. The Bertz CT molecular complexity index is 380. The van der Waals surface area contributed by atoms with Crippen LogP contribution < -0.4 is 0 Å². The first-order valence-electron chi connectivity index (χ1n) is 7.97. The Morgan fingerprint density at radius 2 is 1.85 bits per heavy atom. The molecule has 20 heavy (non-hydrogen) atoms. The van der Waals surface area contributed by atoms with E-state index in [1.165, 1.54) is 6.42 Å². The van der Waals surface area contributed by atoms with Gasteiger partial charge in [-0.15, -0.1) is 0 Å². The van der Waals surface area contributed by atoms with E-state index in [1.807, 2.05) is 20.8 Å². The molecule has 1 spiro atoms. The molecule has 4 nitrogen and oxygen atoms in total. The highest BCUT2D eigenvalue weighted by Crippen LogP contribution is 2.61. The molecule has 0 aromatic heterocycles. The van der Waals surface area contributed by atoms with E-state index in [9.17, 15) is 0 Å². The van der Waals surface area contributed by atoms with Crippen molar-refractivity contribution in [3.05, 3.63) is 11.6 Å². The zero-order valence-corrected chi connectivity index (χ0v) is 13.8. The van der Waals surface area contributed by atoms with Crippen molar-refractivity contribution in [3.63, 3.8) is 0 Å². The van der Waals surface area contributed by atoms with Gasteiger partial charge in [0.15, 0.2) is 0 Å². The molecule has 0 amide bonds. The van der Waals surface area contributed by atoms with Crippen molar-refractivity contribution in [1.29, 1.82) is 0 Å². The molecule has 0 aromatic carbocycles. The van der Waals surface area contributed by atoms with E-state index in [4.69, 9.17) is 18.0 Å².